The van der Waals surface area contributed by atoms with Crippen molar-refractivity contribution < 1.29 is 19.4 Å². The number of benzene rings is 1. The van der Waals surface area contributed by atoms with Crippen molar-refractivity contribution in [2.45, 2.75) is 64.2 Å². The highest BCUT2D eigenvalue weighted by molar-refractivity contribution is 5.68. The number of carbonyl (C=O) groups is 1. The molecule has 1 heterocycles. The van der Waals surface area contributed by atoms with Crippen LogP contribution in [0.15, 0.2) is 24.3 Å². The van der Waals surface area contributed by atoms with E-state index in [1.165, 1.54) is 0 Å². The molecule has 1 saturated heterocycles. The molecule has 0 spiro atoms. The molecule has 0 radical (unpaired) electrons. The quantitative estimate of drug-likeness (QED) is 0.807. The van der Waals surface area contributed by atoms with Gasteiger partial charge in [0.2, 0.25) is 0 Å². The lowest BCUT2D eigenvalue weighted by Gasteiger charge is -2.20. The van der Waals surface area contributed by atoms with E-state index in [0.717, 1.165) is 37.0 Å². The zero-order valence-electron chi connectivity index (χ0n) is 15.9. The largest absolute Gasteiger partial charge is 0.449 e. The minimum absolute atomic E-state index is 0.00654. The highest BCUT2D eigenvalue weighted by Crippen LogP contribution is 2.18. The van der Waals surface area contributed by atoms with E-state index in [2.05, 4.69) is 17.2 Å². The summed E-state index contributed by atoms with van der Waals surface area (Å²) in [6.07, 6.45) is 2.40. The molecule has 1 aromatic rings. The lowest BCUT2D eigenvalue weighted by Crippen LogP contribution is -2.41. The fourth-order valence-electron chi connectivity index (χ4n) is 2.61. The first-order chi connectivity index (χ1) is 12.3. The van der Waals surface area contributed by atoms with Crippen LogP contribution in [0.25, 0.3) is 0 Å². The maximum Gasteiger partial charge on any atom is 0.407 e. The SMILES string of the molecule is CC(C)(C)NC(=O)OCCC(O)c1cccc(C#CC2CCCCO2)c1. The van der Waals surface area contributed by atoms with Gasteiger partial charge in [0.15, 0.2) is 0 Å². The monoisotopic (exact) mass is 359 g/mol. The summed E-state index contributed by atoms with van der Waals surface area (Å²) in [4.78, 5) is 11.6. The van der Waals surface area contributed by atoms with Crippen LogP contribution in [0.4, 0.5) is 4.79 Å². The van der Waals surface area contributed by atoms with Crippen LogP contribution in [-0.4, -0.2) is 36.1 Å². The predicted octanol–water partition coefficient (Wildman–Crippen LogP) is 3.56. The number of aliphatic hydroxyl groups excluding tert-OH is 1. The Morgan fingerprint density at radius 2 is 2.23 bits per heavy atom. The van der Waals surface area contributed by atoms with Crippen LogP contribution in [0.1, 0.15) is 63.7 Å². The first-order valence-electron chi connectivity index (χ1n) is 9.19. The molecule has 1 aliphatic rings. The Morgan fingerprint density at radius 1 is 1.42 bits per heavy atom. The molecule has 2 unspecified atom stereocenters. The molecule has 1 aliphatic heterocycles. The van der Waals surface area contributed by atoms with Crippen LogP contribution in [-0.2, 0) is 9.47 Å². The number of carbonyl (C=O) groups excluding carboxylic acids is 1. The van der Waals surface area contributed by atoms with Gasteiger partial charge >= 0.3 is 6.09 Å². The van der Waals surface area contributed by atoms with Gasteiger partial charge in [-0.1, -0.05) is 24.0 Å². The lowest BCUT2D eigenvalue weighted by molar-refractivity contribution is 0.0526. The van der Waals surface area contributed by atoms with Crippen molar-refractivity contribution in [1.82, 2.24) is 5.32 Å². The molecular formula is C21H29NO4. The zero-order valence-corrected chi connectivity index (χ0v) is 15.9. The van der Waals surface area contributed by atoms with E-state index in [1.807, 2.05) is 45.0 Å². The third kappa shape index (κ3) is 7.47. The van der Waals surface area contributed by atoms with Crippen LogP contribution in [0.2, 0.25) is 0 Å². The van der Waals surface area contributed by atoms with Crippen molar-refractivity contribution in [2.24, 2.45) is 0 Å². The van der Waals surface area contributed by atoms with Gasteiger partial charge in [-0.25, -0.2) is 4.79 Å². The number of nitrogens with one attached hydrogen (secondary N) is 1. The minimum atomic E-state index is -0.704. The maximum absolute atomic E-state index is 11.6. The second kappa shape index (κ2) is 9.61. The smallest absolute Gasteiger partial charge is 0.407 e. The molecule has 1 amide bonds. The van der Waals surface area contributed by atoms with Gasteiger partial charge in [-0.15, -0.1) is 0 Å². The molecule has 2 rings (SSSR count). The number of rotatable bonds is 4. The Kier molecular flexibility index (Phi) is 7.50. The lowest BCUT2D eigenvalue weighted by atomic mass is 10.0. The highest BCUT2D eigenvalue weighted by atomic mass is 16.5. The molecule has 0 aliphatic carbocycles. The predicted molar refractivity (Wildman–Crippen MR) is 101 cm³/mol. The van der Waals surface area contributed by atoms with E-state index < -0.39 is 12.2 Å². The van der Waals surface area contributed by atoms with E-state index >= 15 is 0 Å². The topological polar surface area (TPSA) is 67.8 Å². The Labute approximate surface area is 156 Å². The van der Waals surface area contributed by atoms with Crippen molar-refractivity contribution in [3.63, 3.8) is 0 Å². The van der Waals surface area contributed by atoms with E-state index in [-0.39, 0.29) is 18.2 Å². The molecule has 2 atom stereocenters. The standard InChI is InChI=1S/C21H29NO4/c1-21(2,3)22-20(24)26-14-12-19(23)17-8-6-7-16(15-17)10-11-18-9-4-5-13-25-18/h6-8,15,18-19,23H,4-5,9,12-14H2,1-3H3,(H,22,24). The highest BCUT2D eigenvalue weighted by Gasteiger charge is 2.15. The molecule has 0 aromatic heterocycles. The Morgan fingerprint density at radius 3 is 2.92 bits per heavy atom. The first kappa shape index (κ1) is 20.3. The van der Waals surface area contributed by atoms with Gasteiger partial charge in [-0.2, -0.15) is 0 Å². The average Bonchev–Trinajstić information content (AvgIpc) is 2.59. The van der Waals surface area contributed by atoms with Crippen molar-refractivity contribution in [2.75, 3.05) is 13.2 Å². The Balaban J connectivity index is 1.84. The van der Waals surface area contributed by atoms with E-state index in [9.17, 15) is 9.90 Å². The van der Waals surface area contributed by atoms with Gasteiger partial charge in [0.05, 0.1) is 12.7 Å². The zero-order chi connectivity index (χ0) is 19.0. The minimum Gasteiger partial charge on any atom is -0.449 e. The summed E-state index contributed by atoms with van der Waals surface area (Å²) in [5.41, 5.74) is 1.27. The number of aliphatic hydroxyl groups is 1. The summed E-state index contributed by atoms with van der Waals surface area (Å²) < 4.78 is 10.7. The summed E-state index contributed by atoms with van der Waals surface area (Å²) in [7, 11) is 0. The first-order valence-corrected chi connectivity index (χ1v) is 9.19. The van der Waals surface area contributed by atoms with Gasteiger partial charge in [0.25, 0.3) is 0 Å². The summed E-state index contributed by atoms with van der Waals surface area (Å²) in [6.45, 7) is 6.58. The van der Waals surface area contributed by atoms with Crippen molar-refractivity contribution in [1.29, 1.82) is 0 Å². The molecular weight excluding hydrogens is 330 g/mol. The Bertz CT molecular complexity index is 648. The normalized spacial score (nSPS) is 18.4. The maximum atomic E-state index is 11.6. The van der Waals surface area contributed by atoms with Gasteiger partial charge in [-0.05, 0) is 57.7 Å². The van der Waals surface area contributed by atoms with E-state index in [4.69, 9.17) is 9.47 Å². The Hall–Kier alpha value is -2.03. The molecule has 1 aromatic carbocycles. The van der Waals surface area contributed by atoms with Gasteiger partial charge in [0.1, 0.15) is 6.10 Å². The summed E-state index contributed by atoms with van der Waals surface area (Å²) in [5.74, 6) is 6.28. The van der Waals surface area contributed by atoms with Gasteiger partial charge in [0, 0.05) is 24.1 Å². The fourth-order valence-corrected chi connectivity index (χ4v) is 2.61. The molecule has 0 saturated carbocycles. The van der Waals surface area contributed by atoms with Crippen LogP contribution >= 0.6 is 0 Å². The second-order valence-corrected chi connectivity index (χ2v) is 7.57. The third-order valence-corrected chi connectivity index (χ3v) is 3.93. The van der Waals surface area contributed by atoms with Gasteiger partial charge < -0.3 is 19.9 Å². The van der Waals surface area contributed by atoms with Crippen LogP contribution in [0.5, 0.6) is 0 Å². The van der Waals surface area contributed by atoms with Crippen LogP contribution in [0.3, 0.4) is 0 Å². The molecule has 26 heavy (non-hydrogen) atoms. The van der Waals surface area contributed by atoms with E-state index in [1.54, 1.807) is 0 Å². The van der Waals surface area contributed by atoms with E-state index in [0.29, 0.717) is 6.42 Å². The number of hydrogen-bond donors (Lipinski definition) is 2. The van der Waals surface area contributed by atoms with Crippen LogP contribution in [0, 0.1) is 11.8 Å². The molecule has 5 heteroatoms. The van der Waals surface area contributed by atoms with Gasteiger partial charge in [-0.3, -0.25) is 0 Å². The number of alkyl carbamates (subject to hydrolysis) is 1. The number of amides is 1. The fraction of sp³-hybridized carbons (Fsp3) is 0.571. The molecule has 1 fully saturated rings. The summed E-state index contributed by atoms with van der Waals surface area (Å²) in [6, 6.07) is 7.51. The van der Waals surface area contributed by atoms with Crippen molar-refractivity contribution >= 4 is 6.09 Å². The van der Waals surface area contributed by atoms with Crippen LogP contribution < -0.4 is 5.32 Å². The number of hydrogen-bond acceptors (Lipinski definition) is 4. The second-order valence-electron chi connectivity index (χ2n) is 7.57. The molecule has 142 valence electrons. The average molecular weight is 359 g/mol. The molecule has 2 N–H and O–H groups in total. The molecule has 5 nitrogen and oxygen atoms in total. The summed E-state index contributed by atoms with van der Waals surface area (Å²) >= 11 is 0. The van der Waals surface area contributed by atoms with Crippen molar-refractivity contribution in [3.8, 4) is 11.8 Å². The summed E-state index contributed by atoms with van der Waals surface area (Å²) in [5, 5.41) is 13.0. The third-order valence-electron chi connectivity index (χ3n) is 3.93. The molecule has 0 bridgehead atoms. The van der Waals surface area contributed by atoms with Crippen molar-refractivity contribution in [3.05, 3.63) is 35.4 Å². The number of ether oxygens (including phenoxy) is 2.